The van der Waals surface area contributed by atoms with Gasteiger partial charge < -0.3 is 10.6 Å². The lowest BCUT2D eigenvalue weighted by Crippen LogP contribution is -2.16. The molecule has 0 aliphatic carbocycles. The second kappa shape index (κ2) is 5.60. The molecule has 1 heterocycles. The van der Waals surface area contributed by atoms with Crippen molar-refractivity contribution in [2.45, 2.75) is 13.1 Å². The molecule has 3 nitrogen and oxygen atoms in total. The molecule has 0 aliphatic rings. The van der Waals surface area contributed by atoms with Gasteiger partial charge in [0, 0.05) is 32.0 Å². The van der Waals surface area contributed by atoms with Crippen molar-refractivity contribution < 1.29 is 4.39 Å². The van der Waals surface area contributed by atoms with E-state index in [1.165, 1.54) is 12.3 Å². The molecule has 0 atom stereocenters. The van der Waals surface area contributed by atoms with Crippen LogP contribution in [0.5, 0.6) is 0 Å². The molecule has 0 aliphatic heterocycles. The fourth-order valence-corrected chi connectivity index (χ4v) is 1.79. The van der Waals surface area contributed by atoms with E-state index in [4.69, 9.17) is 5.73 Å². The highest BCUT2D eigenvalue weighted by atomic mass is 19.1. The molecule has 0 radical (unpaired) electrons. The van der Waals surface area contributed by atoms with Crippen LogP contribution in [0.2, 0.25) is 0 Å². The van der Waals surface area contributed by atoms with Crippen molar-refractivity contribution in [1.82, 2.24) is 4.98 Å². The van der Waals surface area contributed by atoms with Gasteiger partial charge in [0.25, 0.3) is 0 Å². The van der Waals surface area contributed by atoms with Crippen molar-refractivity contribution in [1.29, 1.82) is 0 Å². The van der Waals surface area contributed by atoms with Crippen molar-refractivity contribution in [2.75, 3.05) is 11.9 Å². The number of benzene rings is 1. The highest BCUT2D eigenvalue weighted by Gasteiger charge is 2.03. The average molecular weight is 245 g/mol. The minimum atomic E-state index is -0.306. The highest BCUT2D eigenvalue weighted by Crippen LogP contribution is 2.16. The van der Waals surface area contributed by atoms with Crippen LogP contribution in [0, 0.1) is 5.82 Å². The summed E-state index contributed by atoms with van der Waals surface area (Å²) in [7, 11) is 1.96. The summed E-state index contributed by atoms with van der Waals surface area (Å²) < 4.78 is 13.0. The first-order valence-corrected chi connectivity index (χ1v) is 5.78. The van der Waals surface area contributed by atoms with Crippen molar-refractivity contribution in [2.24, 2.45) is 5.73 Å². The Morgan fingerprint density at radius 3 is 2.50 bits per heavy atom. The van der Waals surface area contributed by atoms with Crippen LogP contribution in [-0.4, -0.2) is 12.0 Å². The molecule has 4 heteroatoms. The van der Waals surface area contributed by atoms with Crippen LogP contribution in [0.3, 0.4) is 0 Å². The quantitative estimate of drug-likeness (QED) is 0.898. The van der Waals surface area contributed by atoms with Gasteiger partial charge in [-0.05, 0) is 29.3 Å². The Hall–Kier alpha value is -1.94. The molecule has 2 aromatic rings. The third kappa shape index (κ3) is 3.05. The van der Waals surface area contributed by atoms with Crippen LogP contribution in [0.4, 0.5) is 10.1 Å². The monoisotopic (exact) mass is 245 g/mol. The second-order valence-corrected chi connectivity index (χ2v) is 4.24. The fourth-order valence-electron chi connectivity index (χ4n) is 1.79. The van der Waals surface area contributed by atoms with Crippen LogP contribution in [-0.2, 0) is 13.1 Å². The lowest BCUT2D eigenvalue weighted by atomic mass is 10.2. The van der Waals surface area contributed by atoms with E-state index < -0.39 is 0 Å². The van der Waals surface area contributed by atoms with E-state index >= 15 is 0 Å². The molecule has 0 unspecified atom stereocenters. The van der Waals surface area contributed by atoms with E-state index in [0.29, 0.717) is 13.1 Å². The molecule has 2 rings (SSSR count). The molecule has 0 fully saturated rings. The first-order valence-electron chi connectivity index (χ1n) is 5.78. The molecule has 0 saturated heterocycles. The summed E-state index contributed by atoms with van der Waals surface area (Å²) in [5.41, 5.74) is 8.56. The van der Waals surface area contributed by atoms with Crippen LogP contribution in [0.25, 0.3) is 0 Å². The molecule has 0 amide bonds. The third-order valence-corrected chi connectivity index (χ3v) is 2.79. The van der Waals surface area contributed by atoms with Crippen LogP contribution < -0.4 is 10.6 Å². The predicted molar refractivity (Wildman–Crippen MR) is 70.6 cm³/mol. The van der Waals surface area contributed by atoms with Gasteiger partial charge in [0.05, 0.1) is 6.20 Å². The summed E-state index contributed by atoms with van der Waals surface area (Å²) >= 11 is 0. The molecule has 2 N–H and O–H groups in total. The van der Waals surface area contributed by atoms with Gasteiger partial charge in [0.2, 0.25) is 0 Å². The van der Waals surface area contributed by atoms with E-state index in [-0.39, 0.29) is 5.82 Å². The summed E-state index contributed by atoms with van der Waals surface area (Å²) in [6, 6.07) is 9.51. The summed E-state index contributed by atoms with van der Waals surface area (Å²) in [5, 5.41) is 0. The topological polar surface area (TPSA) is 42.2 Å². The van der Waals surface area contributed by atoms with Gasteiger partial charge in [0.15, 0.2) is 0 Å². The van der Waals surface area contributed by atoms with Crippen LogP contribution in [0.15, 0.2) is 42.7 Å². The molecule has 1 aromatic carbocycles. The van der Waals surface area contributed by atoms with Crippen LogP contribution in [0.1, 0.15) is 11.1 Å². The highest BCUT2D eigenvalue weighted by molar-refractivity contribution is 5.47. The Morgan fingerprint density at radius 2 is 1.89 bits per heavy atom. The van der Waals surface area contributed by atoms with Crippen LogP contribution >= 0.6 is 0 Å². The maximum absolute atomic E-state index is 13.0. The minimum absolute atomic E-state index is 0.306. The standard InChI is InChI=1S/C14H16FN3/c1-18(10-12-6-13(15)9-17-8-12)14-4-2-11(7-16)3-5-14/h2-6,8-9H,7,10,16H2,1H3. The van der Waals surface area contributed by atoms with Gasteiger partial charge in [-0.15, -0.1) is 0 Å². The van der Waals surface area contributed by atoms with Gasteiger partial charge in [-0.3, -0.25) is 4.98 Å². The minimum Gasteiger partial charge on any atom is -0.370 e. The number of hydrogen-bond donors (Lipinski definition) is 1. The number of pyridine rings is 1. The zero-order chi connectivity index (χ0) is 13.0. The average Bonchev–Trinajstić information content (AvgIpc) is 2.39. The number of nitrogens with two attached hydrogens (primary N) is 1. The number of aromatic nitrogens is 1. The summed E-state index contributed by atoms with van der Waals surface area (Å²) in [6.45, 7) is 1.16. The van der Waals surface area contributed by atoms with Crippen molar-refractivity contribution in [3.8, 4) is 0 Å². The fraction of sp³-hybridized carbons (Fsp3) is 0.214. The maximum atomic E-state index is 13.0. The van der Waals surface area contributed by atoms with E-state index in [1.807, 2.05) is 36.2 Å². The Balaban J connectivity index is 2.09. The van der Waals surface area contributed by atoms with Crippen molar-refractivity contribution in [3.05, 3.63) is 59.7 Å². The van der Waals surface area contributed by atoms with E-state index in [0.717, 1.165) is 16.8 Å². The molecule has 0 saturated carbocycles. The van der Waals surface area contributed by atoms with Gasteiger partial charge in [-0.25, -0.2) is 4.39 Å². The number of hydrogen-bond acceptors (Lipinski definition) is 3. The van der Waals surface area contributed by atoms with Crippen molar-refractivity contribution >= 4 is 5.69 Å². The third-order valence-electron chi connectivity index (χ3n) is 2.79. The Kier molecular flexibility index (Phi) is 3.89. The van der Waals surface area contributed by atoms with E-state index in [2.05, 4.69) is 4.98 Å². The second-order valence-electron chi connectivity index (χ2n) is 4.24. The molecule has 0 spiro atoms. The predicted octanol–water partition coefficient (Wildman–Crippen LogP) is 2.32. The van der Waals surface area contributed by atoms with E-state index in [9.17, 15) is 4.39 Å². The Morgan fingerprint density at radius 1 is 1.17 bits per heavy atom. The molecular weight excluding hydrogens is 229 g/mol. The summed E-state index contributed by atoms with van der Waals surface area (Å²) in [4.78, 5) is 5.88. The molecule has 18 heavy (non-hydrogen) atoms. The number of nitrogens with zero attached hydrogens (tertiary/aromatic N) is 2. The Bertz CT molecular complexity index is 511. The molecular formula is C14H16FN3. The van der Waals surface area contributed by atoms with Gasteiger partial charge in [-0.2, -0.15) is 0 Å². The van der Waals surface area contributed by atoms with E-state index in [1.54, 1.807) is 6.20 Å². The smallest absolute Gasteiger partial charge is 0.141 e. The van der Waals surface area contributed by atoms with Gasteiger partial charge >= 0.3 is 0 Å². The molecule has 1 aromatic heterocycles. The molecule has 0 bridgehead atoms. The Labute approximate surface area is 106 Å². The molecule has 94 valence electrons. The SMILES string of the molecule is CN(Cc1cncc(F)c1)c1ccc(CN)cc1. The number of anilines is 1. The summed E-state index contributed by atoms with van der Waals surface area (Å²) in [5.74, 6) is -0.306. The largest absolute Gasteiger partial charge is 0.370 e. The first-order chi connectivity index (χ1) is 8.69. The van der Waals surface area contributed by atoms with Gasteiger partial charge in [-0.1, -0.05) is 12.1 Å². The normalized spacial score (nSPS) is 10.4. The lowest BCUT2D eigenvalue weighted by Gasteiger charge is -2.19. The van der Waals surface area contributed by atoms with Crippen molar-refractivity contribution in [3.63, 3.8) is 0 Å². The maximum Gasteiger partial charge on any atom is 0.141 e. The lowest BCUT2D eigenvalue weighted by molar-refractivity contribution is 0.618. The van der Waals surface area contributed by atoms with Gasteiger partial charge in [0.1, 0.15) is 5.82 Å². The number of rotatable bonds is 4. The zero-order valence-electron chi connectivity index (χ0n) is 10.3. The first kappa shape index (κ1) is 12.5. The zero-order valence-corrected chi connectivity index (χ0v) is 10.3. The summed E-state index contributed by atoms with van der Waals surface area (Å²) in [6.07, 6.45) is 2.88. The number of halogens is 1.